The standard InChI is InChI=1S/C11H13N3/c1-11(7-13-8-11)14-10-4-2-9(6-12)3-5-10/h2-5,13-14H,7-8H2,1H3. The van der Waals surface area contributed by atoms with Gasteiger partial charge in [0.15, 0.2) is 0 Å². The molecular weight excluding hydrogens is 174 g/mol. The molecule has 1 heterocycles. The minimum atomic E-state index is 0.175. The first-order valence-electron chi connectivity index (χ1n) is 4.71. The summed E-state index contributed by atoms with van der Waals surface area (Å²) in [5, 5.41) is 15.3. The van der Waals surface area contributed by atoms with Gasteiger partial charge >= 0.3 is 0 Å². The summed E-state index contributed by atoms with van der Waals surface area (Å²) in [6.45, 7) is 4.17. The zero-order valence-corrected chi connectivity index (χ0v) is 8.17. The molecule has 3 heteroatoms. The van der Waals surface area contributed by atoms with Gasteiger partial charge in [-0.15, -0.1) is 0 Å². The van der Waals surface area contributed by atoms with Crippen molar-refractivity contribution < 1.29 is 0 Å². The number of rotatable bonds is 2. The molecule has 0 aromatic heterocycles. The minimum absolute atomic E-state index is 0.175. The number of hydrogen-bond acceptors (Lipinski definition) is 3. The third-order valence-electron chi connectivity index (χ3n) is 2.49. The molecular formula is C11H13N3. The van der Waals surface area contributed by atoms with E-state index in [0.29, 0.717) is 5.56 Å². The van der Waals surface area contributed by atoms with Gasteiger partial charge in [-0.3, -0.25) is 0 Å². The Balaban J connectivity index is 2.07. The lowest BCUT2D eigenvalue weighted by Crippen LogP contribution is -2.62. The first kappa shape index (κ1) is 9.04. The number of nitriles is 1. The van der Waals surface area contributed by atoms with Gasteiger partial charge < -0.3 is 10.6 Å². The molecule has 2 N–H and O–H groups in total. The fraction of sp³-hybridized carbons (Fsp3) is 0.364. The van der Waals surface area contributed by atoms with E-state index in [0.717, 1.165) is 18.8 Å². The van der Waals surface area contributed by atoms with Crippen molar-refractivity contribution in [1.29, 1.82) is 5.26 Å². The van der Waals surface area contributed by atoms with Crippen molar-refractivity contribution in [2.24, 2.45) is 0 Å². The van der Waals surface area contributed by atoms with Gasteiger partial charge in [-0.25, -0.2) is 0 Å². The highest BCUT2D eigenvalue weighted by Crippen LogP contribution is 2.18. The molecule has 3 nitrogen and oxygen atoms in total. The Hall–Kier alpha value is -1.53. The second kappa shape index (κ2) is 3.32. The summed E-state index contributed by atoms with van der Waals surface area (Å²) in [6.07, 6.45) is 0. The fourth-order valence-corrected chi connectivity index (χ4v) is 1.56. The Morgan fingerprint density at radius 3 is 2.43 bits per heavy atom. The first-order valence-corrected chi connectivity index (χ1v) is 4.71. The first-order chi connectivity index (χ1) is 6.72. The molecule has 0 amide bonds. The lowest BCUT2D eigenvalue weighted by atomic mass is 9.95. The summed E-state index contributed by atoms with van der Waals surface area (Å²) in [6, 6.07) is 9.66. The third-order valence-corrected chi connectivity index (χ3v) is 2.49. The second-order valence-corrected chi connectivity index (χ2v) is 3.98. The number of nitrogens with zero attached hydrogens (tertiary/aromatic N) is 1. The largest absolute Gasteiger partial charge is 0.377 e. The van der Waals surface area contributed by atoms with Crippen LogP contribution in [0.2, 0.25) is 0 Å². The fourth-order valence-electron chi connectivity index (χ4n) is 1.56. The van der Waals surface area contributed by atoms with Crippen LogP contribution in [0.3, 0.4) is 0 Å². The van der Waals surface area contributed by atoms with Crippen LogP contribution in [0.5, 0.6) is 0 Å². The number of nitrogens with one attached hydrogen (secondary N) is 2. The van der Waals surface area contributed by atoms with Gasteiger partial charge in [0.1, 0.15) is 0 Å². The van der Waals surface area contributed by atoms with Crippen molar-refractivity contribution >= 4 is 5.69 Å². The average Bonchev–Trinajstić information content (AvgIpc) is 2.17. The normalized spacial score (nSPS) is 18.0. The maximum atomic E-state index is 8.64. The summed E-state index contributed by atoms with van der Waals surface area (Å²) >= 11 is 0. The predicted molar refractivity (Wildman–Crippen MR) is 56.1 cm³/mol. The predicted octanol–water partition coefficient (Wildman–Crippen LogP) is 1.33. The van der Waals surface area contributed by atoms with Crippen LogP contribution in [-0.4, -0.2) is 18.6 Å². The second-order valence-electron chi connectivity index (χ2n) is 3.98. The maximum absolute atomic E-state index is 8.64. The van der Waals surface area contributed by atoms with E-state index in [9.17, 15) is 0 Å². The molecule has 0 aliphatic carbocycles. The molecule has 1 aromatic rings. The van der Waals surface area contributed by atoms with Gasteiger partial charge in [0, 0.05) is 18.8 Å². The molecule has 72 valence electrons. The lowest BCUT2D eigenvalue weighted by molar-refractivity contribution is 0.338. The highest BCUT2D eigenvalue weighted by Gasteiger charge is 2.30. The van der Waals surface area contributed by atoms with Crippen molar-refractivity contribution in [3.8, 4) is 6.07 Å². The molecule has 0 saturated carbocycles. The van der Waals surface area contributed by atoms with E-state index in [1.807, 2.05) is 24.3 Å². The van der Waals surface area contributed by atoms with E-state index in [2.05, 4.69) is 23.6 Å². The van der Waals surface area contributed by atoms with Crippen LogP contribution in [0.25, 0.3) is 0 Å². The van der Waals surface area contributed by atoms with Gasteiger partial charge in [-0.1, -0.05) is 0 Å². The van der Waals surface area contributed by atoms with Crippen molar-refractivity contribution in [1.82, 2.24) is 5.32 Å². The topological polar surface area (TPSA) is 47.9 Å². The smallest absolute Gasteiger partial charge is 0.0991 e. The molecule has 0 bridgehead atoms. The molecule has 0 radical (unpaired) electrons. The Bertz CT molecular complexity index is 357. The van der Waals surface area contributed by atoms with Crippen LogP contribution < -0.4 is 10.6 Å². The molecule has 1 saturated heterocycles. The quantitative estimate of drug-likeness (QED) is 0.734. The van der Waals surface area contributed by atoms with Crippen molar-refractivity contribution in [2.45, 2.75) is 12.5 Å². The highest BCUT2D eigenvalue weighted by atomic mass is 15.1. The molecule has 1 aliphatic rings. The monoisotopic (exact) mass is 187 g/mol. The third kappa shape index (κ3) is 1.70. The summed E-state index contributed by atoms with van der Waals surface area (Å²) in [5.41, 5.74) is 1.95. The zero-order valence-electron chi connectivity index (χ0n) is 8.17. The van der Waals surface area contributed by atoms with Crippen molar-refractivity contribution in [3.05, 3.63) is 29.8 Å². The van der Waals surface area contributed by atoms with Crippen molar-refractivity contribution in [2.75, 3.05) is 18.4 Å². The van der Waals surface area contributed by atoms with Crippen LogP contribution in [0.1, 0.15) is 12.5 Å². The van der Waals surface area contributed by atoms with Crippen LogP contribution in [0, 0.1) is 11.3 Å². The van der Waals surface area contributed by atoms with E-state index in [-0.39, 0.29) is 5.54 Å². The van der Waals surface area contributed by atoms with Crippen LogP contribution in [0.15, 0.2) is 24.3 Å². The Morgan fingerprint density at radius 2 is 2.00 bits per heavy atom. The molecule has 1 fully saturated rings. The van der Waals surface area contributed by atoms with E-state index < -0.39 is 0 Å². The summed E-state index contributed by atoms with van der Waals surface area (Å²) in [5.74, 6) is 0. The van der Waals surface area contributed by atoms with Crippen LogP contribution in [0.4, 0.5) is 5.69 Å². The number of hydrogen-bond donors (Lipinski definition) is 2. The van der Waals surface area contributed by atoms with E-state index in [1.165, 1.54) is 0 Å². The maximum Gasteiger partial charge on any atom is 0.0991 e. The highest BCUT2D eigenvalue weighted by molar-refractivity contribution is 5.49. The lowest BCUT2D eigenvalue weighted by Gasteiger charge is -2.40. The van der Waals surface area contributed by atoms with Crippen LogP contribution >= 0.6 is 0 Å². The summed E-state index contributed by atoms with van der Waals surface area (Å²) in [4.78, 5) is 0. The molecule has 1 aliphatic heterocycles. The van der Waals surface area contributed by atoms with Gasteiger partial charge in [0.25, 0.3) is 0 Å². The van der Waals surface area contributed by atoms with E-state index in [1.54, 1.807) is 0 Å². The van der Waals surface area contributed by atoms with Crippen molar-refractivity contribution in [3.63, 3.8) is 0 Å². The molecule has 14 heavy (non-hydrogen) atoms. The Kier molecular flexibility index (Phi) is 2.14. The molecule has 0 atom stereocenters. The van der Waals surface area contributed by atoms with E-state index in [4.69, 9.17) is 5.26 Å². The van der Waals surface area contributed by atoms with Crippen LogP contribution in [-0.2, 0) is 0 Å². The average molecular weight is 187 g/mol. The van der Waals surface area contributed by atoms with E-state index >= 15 is 0 Å². The van der Waals surface area contributed by atoms with Gasteiger partial charge in [-0.2, -0.15) is 5.26 Å². The Morgan fingerprint density at radius 1 is 1.36 bits per heavy atom. The molecule has 0 unspecified atom stereocenters. The minimum Gasteiger partial charge on any atom is -0.377 e. The zero-order chi connectivity index (χ0) is 10.0. The van der Waals surface area contributed by atoms with Gasteiger partial charge in [-0.05, 0) is 31.2 Å². The number of benzene rings is 1. The summed E-state index contributed by atoms with van der Waals surface area (Å²) < 4.78 is 0. The Labute approximate surface area is 83.7 Å². The van der Waals surface area contributed by atoms with Gasteiger partial charge in [0.2, 0.25) is 0 Å². The SMILES string of the molecule is CC1(Nc2ccc(C#N)cc2)CNC1. The summed E-state index contributed by atoms with van der Waals surface area (Å²) in [7, 11) is 0. The van der Waals surface area contributed by atoms with Gasteiger partial charge in [0.05, 0.1) is 17.2 Å². The molecule has 2 rings (SSSR count). The number of anilines is 1. The molecule has 1 aromatic carbocycles. The molecule has 0 spiro atoms.